The van der Waals surface area contributed by atoms with Crippen molar-refractivity contribution in [2.24, 2.45) is 17.8 Å². The van der Waals surface area contributed by atoms with E-state index in [2.05, 4.69) is 24.8 Å². The van der Waals surface area contributed by atoms with Gasteiger partial charge in [-0.2, -0.15) is 0 Å². The first-order valence-corrected chi connectivity index (χ1v) is 9.76. The number of aromatic hydroxyl groups is 1. The molecular weight excluding hydrogens is 298 g/mol. The summed E-state index contributed by atoms with van der Waals surface area (Å²) in [4.78, 5) is 2.67. The molecule has 0 radical (unpaired) electrons. The van der Waals surface area contributed by atoms with Crippen molar-refractivity contribution in [2.45, 2.75) is 52.0 Å². The summed E-state index contributed by atoms with van der Waals surface area (Å²) in [5, 5.41) is 9.90. The van der Waals surface area contributed by atoms with Crippen molar-refractivity contribution < 1.29 is 9.84 Å². The van der Waals surface area contributed by atoms with Crippen molar-refractivity contribution in [3.63, 3.8) is 0 Å². The van der Waals surface area contributed by atoms with Gasteiger partial charge in [-0.05, 0) is 80.6 Å². The lowest BCUT2D eigenvalue weighted by molar-refractivity contribution is 0.0489. The summed E-state index contributed by atoms with van der Waals surface area (Å²) in [5.74, 6) is 2.62. The van der Waals surface area contributed by atoms with E-state index in [0.717, 1.165) is 25.0 Å². The maximum absolute atomic E-state index is 9.90. The SMILES string of the molecule is C[C@H]1CCN(CCCC2CCOCC2)C(c2cccc(O)c2)[C@@H]1C. The van der Waals surface area contributed by atoms with Crippen LogP contribution in [0.3, 0.4) is 0 Å². The Kier molecular flexibility index (Phi) is 6.18. The Bertz CT molecular complexity index is 512. The number of rotatable bonds is 5. The van der Waals surface area contributed by atoms with Crippen LogP contribution >= 0.6 is 0 Å². The molecule has 2 aliphatic heterocycles. The van der Waals surface area contributed by atoms with Crippen LogP contribution in [0, 0.1) is 17.8 Å². The molecule has 3 atom stereocenters. The second kappa shape index (κ2) is 8.35. The van der Waals surface area contributed by atoms with E-state index >= 15 is 0 Å². The molecule has 2 fully saturated rings. The molecule has 3 heteroatoms. The number of nitrogens with zero attached hydrogens (tertiary/aromatic N) is 1. The maximum atomic E-state index is 9.90. The Hall–Kier alpha value is -1.06. The number of benzene rings is 1. The van der Waals surface area contributed by atoms with Gasteiger partial charge in [-0.15, -0.1) is 0 Å². The van der Waals surface area contributed by atoms with Crippen LogP contribution in [0.1, 0.15) is 57.6 Å². The number of phenols is 1. The summed E-state index contributed by atoms with van der Waals surface area (Å²) in [6.45, 7) is 9.02. The van der Waals surface area contributed by atoms with Gasteiger partial charge in [-0.3, -0.25) is 4.90 Å². The fourth-order valence-electron chi connectivity index (χ4n) is 4.51. The predicted molar refractivity (Wildman–Crippen MR) is 98.1 cm³/mol. The van der Waals surface area contributed by atoms with Crippen LogP contribution in [0.2, 0.25) is 0 Å². The molecule has 3 nitrogen and oxygen atoms in total. The van der Waals surface area contributed by atoms with Gasteiger partial charge in [0, 0.05) is 19.3 Å². The summed E-state index contributed by atoms with van der Waals surface area (Å²) >= 11 is 0. The van der Waals surface area contributed by atoms with Crippen molar-refractivity contribution in [2.75, 3.05) is 26.3 Å². The van der Waals surface area contributed by atoms with Gasteiger partial charge in [0.25, 0.3) is 0 Å². The molecule has 3 rings (SSSR count). The van der Waals surface area contributed by atoms with Gasteiger partial charge in [0.1, 0.15) is 5.75 Å². The van der Waals surface area contributed by atoms with E-state index in [1.54, 1.807) is 6.07 Å². The van der Waals surface area contributed by atoms with Gasteiger partial charge < -0.3 is 9.84 Å². The average Bonchev–Trinajstić information content (AvgIpc) is 2.59. The third-order valence-corrected chi connectivity index (χ3v) is 6.27. The summed E-state index contributed by atoms with van der Waals surface area (Å²) in [6.07, 6.45) is 6.37. The molecule has 2 heterocycles. The van der Waals surface area contributed by atoms with Gasteiger partial charge in [0.2, 0.25) is 0 Å². The largest absolute Gasteiger partial charge is 0.508 e. The molecule has 1 N–H and O–H groups in total. The van der Waals surface area contributed by atoms with Crippen molar-refractivity contribution in [3.8, 4) is 5.75 Å². The molecule has 134 valence electrons. The van der Waals surface area contributed by atoms with E-state index in [0.29, 0.717) is 17.7 Å². The smallest absolute Gasteiger partial charge is 0.115 e. The topological polar surface area (TPSA) is 32.7 Å². The highest BCUT2D eigenvalue weighted by Gasteiger charge is 2.34. The van der Waals surface area contributed by atoms with E-state index in [-0.39, 0.29) is 0 Å². The minimum Gasteiger partial charge on any atom is -0.508 e. The molecule has 1 unspecified atom stereocenters. The number of phenolic OH excluding ortho intramolecular Hbond substituents is 1. The van der Waals surface area contributed by atoms with Crippen molar-refractivity contribution in [1.82, 2.24) is 4.90 Å². The molecule has 0 bridgehead atoms. The lowest BCUT2D eigenvalue weighted by atomic mass is 9.78. The molecule has 24 heavy (non-hydrogen) atoms. The van der Waals surface area contributed by atoms with E-state index in [4.69, 9.17) is 4.74 Å². The summed E-state index contributed by atoms with van der Waals surface area (Å²) in [5.41, 5.74) is 1.28. The number of ether oxygens (including phenoxy) is 1. The van der Waals surface area contributed by atoms with Crippen molar-refractivity contribution in [3.05, 3.63) is 29.8 Å². The zero-order valence-corrected chi connectivity index (χ0v) is 15.3. The second-order valence-electron chi connectivity index (χ2n) is 7.90. The zero-order chi connectivity index (χ0) is 16.9. The Morgan fingerprint density at radius 1 is 1.17 bits per heavy atom. The van der Waals surface area contributed by atoms with E-state index in [1.807, 2.05) is 12.1 Å². The molecule has 0 amide bonds. The third-order valence-electron chi connectivity index (χ3n) is 6.27. The molecule has 1 aromatic rings. The lowest BCUT2D eigenvalue weighted by Gasteiger charge is -2.44. The van der Waals surface area contributed by atoms with Crippen LogP contribution < -0.4 is 0 Å². The molecule has 0 spiro atoms. The van der Waals surface area contributed by atoms with Gasteiger partial charge in [-0.1, -0.05) is 26.0 Å². The fraction of sp³-hybridized carbons (Fsp3) is 0.714. The number of hydrogen-bond donors (Lipinski definition) is 1. The van der Waals surface area contributed by atoms with Crippen molar-refractivity contribution >= 4 is 0 Å². The molecule has 0 saturated carbocycles. The van der Waals surface area contributed by atoms with E-state index in [9.17, 15) is 5.11 Å². The molecule has 0 aromatic heterocycles. The quantitative estimate of drug-likeness (QED) is 0.854. The Morgan fingerprint density at radius 3 is 2.71 bits per heavy atom. The molecular formula is C21H33NO2. The second-order valence-corrected chi connectivity index (χ2v) is 7.90. The summed E-state index contributed by atoms with van der Waals surface area (Å²) in [6, 6.07) is 8.34. The molecule has 2 aliphatic rings. The number of likely N-dealkylation sites (tertiary alicyclic amines) is 1. The van der Waals surface area contributed by atoms with E-state index < -0.39 is 0 Å². The number of hydrogen-bond acceptors (Lipinski definition) is 3. The van der Waals surface area contributed by atoms with Crippen LogP contribution in [0.4, 0.5) is 0 Å². The third kappa shape index (κ3) is 4.31. The molecule has 0 aliphatic carbocycles. The first-order chi connectivity index (χ1) is 11.6. The van der Waals surface area contributed by atoms with Gasteiger partial charge in [-0.25, -0.2) is 0 Å². The van der Waals surface area contributed by atoms with Gasteiger partial charge in [0.05, 0.1) is 0 Å². The minimum atomic E-state index is 0.389. The van der Waals surface area contributed by atoms with Crippen LogP contribution in [0.25, 0.3) is 0 Å². The molecule has 2 saturated heterocycles. The average molecular weight is 332 g/mol. The van der Waals surface area contributed by atoms with E-state index in [1.165, 1.54) is 50.8 Å². The van der Waals surface area contributed by atoms with Gasteiger partial charge >= 0.3 is 0 Å². The maximum Gasteiger partial charge on any atom is 0.115 e. The molecule has 1 aromatic carbocycles. The van der Waals surface area contributed by atoms with Crippen LogP contribution in [0.15, 0.2) is 24.3 Å². The first kappa shape index (κ1) is 17.8. The normalized spacial score (nSPS) is 29.7. The number of piperidine rings is 1. The first-order valence-electron chi connectivity index (χ1n) is 9.76. The van der Waals surface area contributed by atoms with Gasteiger partial charge in [0.15, 0.2) is 0 Å². The standard InChI is InChI=1S/C21H33NO2/c1-16-8-12-22(11-4-5-18-9-13-24-14-10-18)21(17(16)2)19-6-3-7-20(23)15-19/h3,6-7,15-18,21,23H,4-5,8-14H2,1-2H3/t16-,17+,21?/m0/s1. The Labute approximate surface area is 147 Å². The monoisotopic (exact) mass is 331 g/mol. The van der Waals surface area contributed by atoms with Crippen LogP contribution in [-0.4, -0.2) is 36.3 Å². The Morgan fingerprint density at radius 2 is 1.96 bits per heavy atom. The lowest BCUT2D eigenvalue weighted by Crippen LogP contribution is -2.42. The predicted octanol–water partition coefficient (Wildman–Crippen LogP) is 4.62. The van der Waals surface area contributed by atoms with Crippen LogP contribution in [-0.2, 0) is 4.74 Å². The van der Waals surface area contributed by atoms with Crippen molar-refractivity contribution in [1.29, 1.82) is 0 Å². The minimum absolute atomic E-state index is 0.389. The Balaban J connectivity index is 1.63. The highest BCUT2D eigenvalue weighted by atomic mass is 16.5. The fourth-order valence-corrected chi connectivity index (χ4v) is 4.51. The zero-order valence-electron chi connectivity index (χ0n) is 15.3. The highest BCUT2D eigenvalue weighted by Crippen LogP contribution is 2.40. The van der Waals surface area contributed by atoms with Crippen LogP contribution in [0.5, 0.6) is 5.75 Å². The summed E-state index contributed by atoms with van der Waals surface area (Å²) < 4.78 is 5.47. The highest BCUT2D eigenvalue weighted by molar-refractivity contribution is 5.30. The summed E-state index contributed by atoms with van der Waals surface area (Å²) in [7, 11) is 0.